The average molecular weight is 364 g/mol. The van der Waals surface area contributed by atoms with Gasteiger partial charge in [-0.3, -0.25) is 14.7 Å². The quantitative estimate of drug-likeness (QED) is 0.722. The maximum absolute atomic E-state index is 12.8. The molecule has 0 aliphatic carbocycles. The van der Waals surface area contributed by atoms with Gasteiger partial charge in [0.2, 0.25) is 0 Å². The van der Waals surface area contributed by atoms with E-state index in [-0.39, 0.29) is 18.0 Å². The summed E-state index contributed by atoms with van der Waals surface area (Å²) in [5.41, 5.74) is 3.41. The third-order valence-electron chi connectivity index (χ3n) is 4.14. The van der Waals surface area contributed by atoms with E-state index in [0.717, 1.165) is 27.9 Å². The number of amidine groups is 1. The number of carbonyl (C=O) groups is 1. The third kappa shape index (κ3) is 4.36. The van der Waals surface area contributed by atoms with Gasteiger partial charge in [-0.15, -0.1) is 0 Å². The summed E-state index contributed by atoms with van der Waals surface area (Å²) in [6, 6.07) is 2.39. The first-order valence-electron chi connectivity index (χ1n) is 8.72. The Kier molecular flexibility index (Phi) is 6.52. The number of hydrogen-bond acceptors (Lipinski definition) is 4. The molecule has 0 spiro atoms. The molecule has 0 aromatic carbocycles. The number of thioether (sulfide) groups is 1. The fourth-order valence-electron chi connectivity index (χ4n) is 2.89. The van der Waals surface area contributed by atoms with Crippen molar-refractivity contribution in [1.82, 2.24) is 9.47 Å². The molecule has 0 N–H and O–H groups in total. The van der Waals surface area contributed by atoms with Crippen molar-refractivity contribution in [1.29, 1.82) is 0 Å². The monoisotopic (exact) mass is 363 g/mol. The van der Waals surface area contributed by atoms with Gasteiger partial charge in [0.15, 0.2) is 5.17 Å². The zero-order valence-electron chi connectivity index (χ0n) is 16.3. The lowest BCUT2D eigenvalue weighted by atomic mass is 10.2. The van der Waals surface area contributed by atoms with Crippen molar-refractivity contribution < 1.29 is 9.53 Å². The zero-order valence-corrected chi connectivity index (χ0v) is 17.1. The Hall–Kier alpha value is -1.53. The van der Waals surface area contributed by atoms with Gasteiger partial charge in [0, 0.05) is 37.1 Å². The third-order valence-corrected chi connectivity index (χ3v) is 5.14. The van der Waals surface area contributed by atoms with E-state index >= 15 is 0 Å². The number of carbonyl (C=O) groups excluding carboxylic acids is 1. The van der Waals surface area contributed by atoms with Crippen LogP contribution in [0.5, 0.6) is 0 Å². The second-order valence-corrected chi connectivity index (χ2v) is 7.86. The van der Waals surface area contributed by atoms with Crippen molar-refractivity contribution in [2.24, 2.45) is 4.99 Å². The molecule has 0 unspecified atom stereocenters. The van der Waals surface area contributed by atoms with Crippen molar-refractivity contribution >= 4 is 28.9 Å². The van der Waals surface area contributed by atoms with Gasteiger partial charge in [-0.25, -0.2) is 0 Å². The molecule has 2 heterocycles. The van der Waals surface area contributed by atoms with E-state index < -0.39 is 0 Å². The molecule has 138 valence electrons. The standard InChI is InChI=1S/C19H29N3O2S/c1-12(2)20-19-22(13(3)4)18(23)17(25-19)11-16-10-14(5)21(15(16)6)8-9-24-7/h10-13H,8-9H2,1-7H3/b17-11+,20-19?. The van der Waals surface area contributed by atoms with Crippen molar-refractivity contribution in [2.75, 3.05) is 13.7 Å². The highest BCUT2D eigenvalue weighted by Gasteiger charge is 2.35. The number of amides is 1. The summed E-state index contributed by atoms with van der Waals surface area (Å²) < 4.78 is 7.42. The predicted molar refractivity (Wildman–Crippen MR) is 106 cm³/mol. The van der Waals surface area contributed by atoms with Gasteiger partial charge in [0.05, 0.1) is 11.5 Å². The number of methoxy groups -OCH3 is 1. The summed E-state index contributed by atoms with van der Waals surface area (Å²) in [6.07, 6.45) is 2.00. The SMILES string of the molecule is COCCn1c(C)cc(/C=C2/SC(=NC(C)C)N(C(C)C)C2=O)c1C. The van der Waals surface area contributed by atoms with Gasteiger partial charge in [-0.2, -0.15) is 0 Å². The van der Waals surface area contributed by atoms with Crippen molar-refractivity contribution in [3.05, 3.63) is 27.9 Å². The molecular formula is C19H29N3O2S. The van der Waals surface area contributed by atoms with Crippen LogP contribution in [0, 0.1) is 13.8 Å². The molecule has 1 aliphatic heterocycles. The number of ether oxygens (including phenoxy) is 1. The van der Waals surface area contributed by atoms with Crippen molar-refractivity contribution in [2.45, 2.75) is 60.2 Å². The summed E-state index contributed by atoms with van der Waals surface area (Å²) in [7, 11) is 1.71. The van der Waals surface area contributed by atoms with Crippen LogP contribution < -0.4 is 0 Å². The van der Waals surface area contributed by atoms with E-state index in [9.17, 15) is 4.79 Å². The van der Waals surface area contributed by atoms with Crippen LogP contribution in [0.25, 0.3) is 6.08 Å². The topological polar surface area (TPSA) is 46.8 Å². The minimum Gasteiger partial charge on any atom is -0.383 e. The van der Waals surface area contributed by atoms with E-state index in [2.05, 4.69) is 29.5 Å². The molecule has 5 nitrogen and oxygen atoms in total. The average Bonchev–Trinajstić information content (AvgIpc) is 2.95. The van der Waals surface area contributed by atoms with Crippen LogP contribution in [0.3, 0.4) is 0 Å². The summed E-state index contributed by atoms with van der Waals surface area (Å²) >= 11 is 1.47. The molecule has 25 heavy (non-hydrogen) atoms. The molecule has 0 bridgehead atoms. The Bertz CT molecular complexity index is 702. The fraction of sp³-hybridized carbons (Fsp3) is 0.579. The minimum atomic E-state index is 0.0427. The molecule has 1 amide bonds. The molecule has 0 radical (unpaired) electrons. The molecule has 1 aromatic rings. The molecule has 1 aromatic heterocycles. The maximum atomic E-state index is 12.8. The van der Waals surface area contributed by atoms with Gasteiger partial charge >= 0.3 is 0 Å². The van der Waals surface area contributed by atoms with Crippen molar-refractivity contribution in [3.63, 3.8) is 0 Å². The number of aliphatic imine (C=N–C) groups is 1. The van der Waals surface area contributed by atoms with Gasteiger partial charge in [-0.1, -0.05) is 0 Å². The van der Waals surface area contributed by atoms with Gasteiger partial charge in [-0.05, 0) is 71.0 Å². The fourth-order valence-corrected chi connectivity index (χ4v) is 4.12. The molecule has 0 saturated carbocycles. The van der Waals surface area contributed by atoms with Crippen molar-refractivity contribution in [3.8, 4) is 0 Å². The van der Waals surface area contributed by atoms with E-state index in [1.54, 1.807) is 12.0 Å². The molecule has 6 heteroatoms. The largest absolute Gasteiger partial charge is 0.383 e. The Labute approximate surface area is 155 Å². The molecule has 1 saturated heterocycles. The lowest BCUT2D eigenvalue weighted by molar-refractivity contribution is -0.123. The molecule has 1 aliphatic rings. The Morgan fingerprint density at radius 1 is 1.28 bits per heavy atom. The van der Waals surface area contributed by atoms with Crippen LogP contribution in [0.4, 0.5) is 0 Å². The molecular weight excluding hydrogens is 334 g/mol. The lowest BCUT2D eigenvalue weighted by Crippen LogP contribution is -2.35. The summed E-state index contributed by atoms with van der Waals surface area (Å²) in [4.78, 5) is 20.0. The first-order chi connectivity index (χ1) is 11.8. The highest BCUT2D eigenvalue weighted by molar-refractivity contribution is 8.18. The van der Waals surface area contributed by atoms with Gasteiger partial charge < -0.3 is 9.30 Å². The van der Waals surface area contributed by atoms with E-state index in [0.29, 0.717) is 6.61 Å². The molecule has 1 fully saturated rings. The maximum Gasteiger partial charge on any atom is 0.266 e. The van der Waals surface area contributed by atoms with E-state index in [1.165, 1.54) is 17.5 Å². The number of aromatic nitrogens is 1. The van der Waals surface area contributed by atoms with Crippen LogP contribution in [0.15, 0.2) is 16.0 Å². The highest BCUT2D eigenvalue weighted by Crippen LogP contribution is 2.35. The smallest absolute Gasteiger partial charge is 0.266 e. The van der Waals surface area contributed by atoms with Gasteiger partial charge in [0.1, 0.15) is 0 Å². The Morgan fingerprint density at radius 2 is 1.96 bits per heavy atom. The van der Waals surface area contributed by atoms with E-state index in [4.69, 9.17) is 4.74 Å². The number of aryl methyl sites for hydroxylation is 1. The summed E-state index contributed by atoms with van der Waals surface area (Å²) in [6.45, 7) is 13.8. The highest BCUT2D eigenvalue weighted by atomic mass is 32.2. The second-order valence-electron chi connectivity index (χ2n) is 6.86. The second kappa shape index (κ2) is 8.23. The Morgan fingerprint density at radius 3 is 2.52 bits per heavy atom. The normalized spacial score (nSPS) is 18.6. The van der Waals surface area contributed by atoms with Gasteiger partial charge in [0.25, 0.3) is 5.91 Å². The first kappa shape index (κ1) is 19.8. The van der Waals surface area contributed by atoms with E-state index in [1.807, 2.05) is 33.8 Å². The summed E-state index contributed by atoms with van der Waals surface area (Å²) in [5, 5.41) is 0.800. The summed E-state index contributed by atoms with van der Waals surface area (Å²) in [5.74, 6) is 0.0427. The lowest BCUT2D eigenvalue weighted by Gasteiger charge is -2.20. The molecule has 0 atom stereocenters. The number of hydrogen-bond donors (Lipinski definition) is 0. The van der Waals surface area contributed by atoms with Crippen LogP contribution >= 0.6 is 11.8 Å². The number of rotatable bonds is 6. The zero-order chi connectivity index (χ0) is 18.7. The van der Waals surface area contributed by atoms with Crippen LogP contribution in [0.2, 0.25) is 0 Å². The Balaban J connectivity index is 2.37. The van der Waals surface area contributed by atoms with Crippen LogP contribution in [-0.2, 0) is 16.1 Å². The molecule has 2 rings (SSSR count). The minimum absolute atomic E-state index is 0.0427. The van der Waals surface area contributed by atoms with Crippen LogP contribution in [-0.4, -0.2) is 46.3 Å². The predicted octanol–water partition coefficient (Wildman–Crippen LogP) is 3.84. The number of nitrogens with zero attached hydrogens (tertiary/aromatic N) is 3. The first-order valence-corrected chi connectivity index (χ1v) is 9.54. The van der Waals surface area contributed by atoms with Crippen LogP contribution in [0.1, 0.15) is 44.6 Å².